The number of hydrogen-bond acceptors (Lipinski definition) is 1. The fraction of sp³-hybridized carbons (Fsp3) is 0.800. The van der Waals surface area contributed by atoms with Crippen LogP contribution in [0.15, 0.2) is 0 Å². The molecule has 64 valence electrons. The molecule has 1 atom stereocenters. The lowest BCUT2D eigenvalue weighted by molar-refractivity contribution is 0.522. The van der Waals surface area contributed by atoms with Crippen molar-refractivity contribution in [2.45, 2.75) is 46.1 Å². The number of rotatable bonds is 5. The summed E-state index contributed by atoms with van der Waals surface area (Å²) in [6.45, 7) is 7.14. The van der Waals surface area contributed by atoms with Crippen molar-refractivity contribution in [3.63, 3.8) is 0 Å². The van der Waals surface area contributed by atoms with Crippen molar-refractivity contribution < 1.29 is 0 Å². The van der Waals surface area contributed by atoms with Gasteiger partial charge in [0, 0.05) is 6.04 Å². The van der Waals surface area contributed by atoms with Gasteiger partial charge >= 0.3 is 0 Å². The maximum absolute atomic E-state index is 3.34. The quantitative estimate of drug-likeness (QED) is 0.597. The lowest BCUT2D eigenvalue weighted by Crippen LogP contribution is -2.25. The molecular formula is C10H19N. The van der Waals surface area contributed by atoms with E-state index in [2.05, 4.69) is 31.0 Å². The smallest absolute Gasteiger partial charge is 0.0578 e. The second kappa shape index (κ2) is 7.63. The molecule has 0 rings (SSSR count). The summed E-state index contributed by atoms with van der Waals surface area (Å²) in [4.78, 5) is 0. The Balaban J connectivity index is 3.19. The number of hydrogen-bond donors (Lipinski definition) is 1. The van der Waals surface area contributed by atoms with Gasteiger partial charge in [-0.05, 0) is 20.3 Å². The van der Waals surface area contributed by atoms with Gasteiger partial charge in [-0.15, -0.1) is 5.92 Å². The first-order valence-electron chi connectivity index (χ1n) is 4.44. The summed E-state index contributed by atoms with van der Waals surface area (Å²) >= 11 is 0. The molecule has 0 aromatic heterocycles. The molecule has 0 aliphatic carbocycles. The fourth-order valence-corrected chi connectivity index (χ4v) is 0.926. The van der Waals surface area contributed by atoms with E-state index in [-0.39, 0.29) is 0 Å². The summed E-state index contributed by atoms with van der Waals surface area (Å²) in [5.74, 6) is 5.86. The third-order valence-corrected chi connectivity index (χ3v) is 1.71. The molecule has 0 radical (unpaired) electrons. The number of unbranched alkanes of at least 4 members (excludes halogenated alkanes) is 1. The molecule has 0 spiro atoms. The largest absolute Gasteiger partial charge is 0.304 e. The van der Waals surface area contributed by atoms with E-state index in [9.17, 15) is 0 Å². The Morgan fingerprint density at radius 2 is 2.18 bits per heavy atom. The van der Waals surface area contributed by atoms with Gasteiger partial charge in [-0.25, -0.2) is 0 Å². The zero-order chi connectivity index (χ0) is 8.53. The normalized spacial score (nSPS) is 11.9. The van der Waals surface area contributed by atoms with Crippen LogP contribution in [0.4, 0.5) is 0 Å². The molecular weight excluding hydrogens is 134 g/mol. The minimum atomic E-state index is 0.621. The second-order valence-corrected chi connectivity index (χ2v) is 2.85. The van der Waals surface area contributed by atoms with Gasteiger partial charge in [0.25, 0.3) is 0 Å². The average Bonchev–Trinajstić information content (AvgIpc) is 2.01. The van der Waals surface area contributed by atoms with Gasteiger partial charge in [-0.1, -0.05) is 25.7 Å². The van der Waals surface area contributed by atoms with Gasteiger partial charge < -0.3 is 5.32 Å². The first-order valence-corrected chi connectivity index (χ1v) is 4.44. The van der Waals surface area contributed by atoms with Gasteiger partial charge in [0.05, 0.1) is 6.54 Å². The molecule has 0 aromatic carbocycles. The molecule has 1 unspecified atom stereocenters. The molecule has 0 saturated carbocycles. The molecule has 0 amide bonds. The van der Waals surface area contributed by atoms with Crippen LogP contribution in [0.5, 0.6) is 0 Å². The maximum atomic E-state index is 3.34. The van der Waals surface area contributed by atoms with Crippen LogP contribution in [-0.2, 0) is 0 Å². The van der Waals surface area contributed by atoms with E-state index in [4.69, 9.17) is 0 Å². The van der Waals surface area contributed by atoms with Crippen LogP contribution in [0.1, 0.15) is 40.0 Å². The van der Waals surface area contributed by atoms with Crippen LogP contribution in [0.25, 0.3) is 0 Å². The SMILES string of the molecule is CC#CCNC(C)CCCC. The van der Waals surface area contributed by atoms with Crippen molar-refractivity contribution in [3.8, 4) is 11.8 Å². The first kappa shape index (κ1) is 10.5. The molecule has 0 aliphatic heterocycles. The Kier molecular flexibility index (Phi) is 7.29. The standard InChI is InChI=1S/C10H19N/c1-4-6-8-10(3)11-9-7-5-2/h10-11H,4,6,8-9H2,1-3H3. The molecule has 11 heavy (non-hydrogen) atoms. The van der Waals surface area contributed by atoms with Crippen molar-refractivity contribution in [2.75, 3.05) is 6.54 Å². The zero-order valence-electron chi connectivity index (χ0n) is 7.91. The molecule has 1 nitrogen and oxygen atoms in total. The van der Waals surface area contributed by atoms with Crippen LogP contribution >= 0.6 is 0 Å². The van der Waals surface area contributed by atoms with Gasteiger partial charge in [0.15, 0.2) is 0 Å². The maximum Gasteiger partial charge on any atom is 0.0578 e. The summed E-state index contributed by atoms with van der Waals surface area (Å²) in [5.41, 5.74) is 0. The van der Waals surface area contributed by atoms with Crippen LogP contribution in [0.3, 0.4) is 0 Å². The zero-order valence-corrected chi connectivity index (χ0v) is 7.91. The highest BCUT2D eigenvalue weighted by Crippen LogP contribution is 1.98. The van der Waals surface area contributed by atoms with Gasteiger partial charge in [0.2, 0.25) is 0 Å². The highest BCUT2D eigenvalue weighted by Gasteiger charge is 1.96. The van der Waals surface area contributed by atoms with Gasteiger partial charge in [0.1, 0.15) is 0 Å². The summed E-state index contributed by atoms with van der Waals surface area (Å²) in [5, 5.41) is 3.34. The summed E-state index contributed by atoms with van der Waals surface area (Å²) < 4.78 is 0. The van der Waals surface area contributed by atoms with Crippen LogP contribution in [0, 0.1) is 11.8 Å². The van der Waals surface area contributed by atoms with Crippen molar-refractivity contribution >= 4 is 0 Å². The van der Waals surface area contributed by atoms with E-state index < -0.39 is 0 Å². The highest BCUT2D eigenvalue weighted by atomic mass is 14.9. The molecule has 0 heterocycles. The molecule has 0 aliphatic rings. The van der Waals surface area contributed by atoms with Crippen molar-refractivity contribution in [1.82, 2.24) is 5.32 Å². The Morgan fingerprint density at radius 1 is 1.45 bits per heavy atom. The molecule has 0 saturated heterocycles. The van der Waals surface area contributed by atoms with E-state index in [0.29, 0.717) is 6.04 Å². The Bertz CT molecular complexity index is 130. The average molecular weight is 153 g/mol. The molecule has 0 bridgehead atoms. The van der Waals surface area contributed by atoms with Gasteiger partial charge in [-0.3, -0.25) is 0 Å². The van der Waals surface area contributed by atoms with Crippen LogP contribution < -0.4 is 5.32 Å². The summed E-state index contributed by atoms with van der Waals surface area (Å²) in [6, 6.07) is 0.621. The lowest BCUT2D eigenvalue weighted by atomic mass is 10.1. The van der Waals surface area contributed by atoms with E-state index in [1.54, 1.807) is 0 Å². The molecule has 0 aromatic rings. The topological polar surface area (TPSA) is 12.0 Å². The monoisotopic (exact) mass is 153 g/mol. The van der Waals surface area contributed by atoms with E-state index >= 15 is 0 Å². The predicted molar refractivity (Wildman–Crippen MR) is 50.4 cm³/mol. The summed E-state index contributed by atoms with van der Waals surface area (Å²) in [7, 11) is 0. The Morgan fingerprint density at radius 3 is 2.73 bits per heavy atom. The van der Waals surface area contributed by atoms with Crippen molar-refractivity contribution in [1.29, 1.82) is 0 Å². The second-order valence-electron chi connectivity index (χ2n) is 2.85. The van der Waals surface area contributed by atoms with Crippen molar-refractivity contribution in [2.24, 2.45) is 0 Å². The highest BCUT2D eigenvalue weighted by molar-refractivity contribution is 4.97. The van der Waals surface area contributed by atoms with E-state index in [0.717, 1.165) is 6.54 Å². The fourth-order valence-electron chi connectivity index (χ4n) is 0.926. The minimum Gasteiger partial charge on any atom is -0.304 e. The molecule has 1 N–H and O–H groups in total. The summed E-state index contributed by atoms with van der Waals surface area (Å²) in [6.07, 6.45) is 3.86. The third-order valence-electron chi connectivity index (χ3n) is 1.71. The third kappa shape index (κ3) is 7.42. The lowest BCUT2D eigenvalue weighted by Gasteiger charge is -2.09. The number of nitrogens with one attached hydrogen (secondary N) is 1. The molecule has 1 heteroatoms. The first-order chi connectivity index (χ1) is 5.31. The van der Waals surface area contributed by atoms with E-state index in [1.165, 1.54) is 19.3 Å². The van der Waals surface area contributed by atoms with Gasteiger partial charge in [-0.2, -0.15) is 0 Å². The Hall–Kier alpha value is -0.480. The van der Waals surface area contributed by atoms with Crippen LogP contribution in [0.2, 0.25) is 0 Å². The van der Waals surface area contributed by atoms with E-state index in [1.807, 2.05) is 6.92 Å². The van der Waals surface area contributed by atoms with Crippen molar-refractivity contribution in [3.05, 3.63) is 0 Å². The molecule has 0 fully saturated rings. The Labute approximate surface area is 70.6 Å². The van der Waals surface area contributed by atoms with Crippen LogP contribution in [-0.4, -0.2) is 12.6 Å². The predicted octanol–water partition coefficient (Wildman–Crippen LogP) is 2.18. The minimum absolute atomic E-state index is 0.621.